The lowest BCUT2D eigenvalue weighted by molar-refractivity contribution is 0.158. The lowest BCUT2D eigenvalue weighted by Gasteiger charge is -2.37. The van der Waals surface area contributed by atoms with Crippen molar-refractivity contribution >= 4 is 35.6 Å². The fraction of sp³-hybridized carbons (Fsp3) is 0.421. The number of guanidine groups is 1. The van der Waals surface area contributed by atoms with E-state index in [4.69, 9.17) is 4.42 Å². The Morgan fingerprint density at radius 3 is 2.59 bits per heavy atom. The molecule has 1 unspecified atom stereocenters. The zero-order valence-corrected chi connectivity index (χ0v) is 17.7. The van der Waals surface area contributed by atoms with E-state index in [0.717, 1.165) is 25.6 Å². The second-order valence-electron chi connectivity index (χ2n) is 6.15. The van der Waals surface area contributed by atoms with Crippen molar-refractivity contribution < 1.29 is 13.9 Å². The van der Waals surface area contributed by atoms with Crippen LogP contribution in [-0.2, 0) is 0 Å². The van der Waals surface area contributed by atoms with Crippen LogP contribution in [-0.4, -0.2) is 55.2 Å². The highest BCUT2D eigenvalue weighted by molar-refractivity contribution is 14.0. The second-order valence-corrected chi connectivity index (χ2v) is 6.15. The molecule has 0 amide bonds. The van der Waals surface area contributed by atoms with Crippen molar-refractivity contribution in [2.24, 2.45) is 4.99 Å². The van der Waals surface area contributed by atoms with E-state index < -0.39 is 6.10 Å². The Bertz CT molecular complexity index is 718. The van der Waals surface area contributed by atoms with Gasteiger partial charge in [0.1, 0.15) is 17.7 Å². The van der Waals surface area contributed by atoms with Crippen molar-refractivity contribution in [3.05, 3.63) is 54.2 Å². The Morgan fingerprint density at radius 1 is 1.22 bits per heavy atom. The number of piperazine rings is 1. The fourth-order valence-corrected chi connectivity index (χ4v) is 3.04. The number of aliphatic imine (C=N–C) groups is 1. The smallest absolute Gasteiger partial charge is 0.194 e. The Morgan fingerprint density at radius 2 is 1.96 bits per heavy atom. The van der Waals surface area contributed by atoms with E-state index >= 15 is 0 Å². The molecule has 1 aliphatic heterocycles. The van der Waals surface area contributed by atoms with Crippen molar-refractivity contribution in [2.45, 2.75) is 13.0 Å². The molecule has 1 atom stereocenters. The topological polar surface area (TPSA) is 64.2 Å². The van der Waals surface area contributed by atoms with E-state index in [9.17, 15) is 9.50 Å². The van der Waals surface area contributed by atoms with E-state index in [-0.39, 0.29) is 36.3 Å². The van der Waals surface area contributed by atoms with Crippen LogP contribution in [0, 0.1) is 5.82 Å². The molecule has 2 N–H and O–H groups in total. The average molecular weight is 488 g/mol. The number of benzene rings is 1. The van der Waals surface area contributed by atoms with Crippen LogP contribution in [0.25, 0.3) is 0 Å². The first-order valence-corrected chi connectivity index (χ1v) is 8.93. The number of rotatable bonds is 5. The lowest BCUT2D eigenvalue weighted by atomic mass is 10.2. The predicted octanol–water partition coefficient (Wildman–Crippen LogP) is 2.86. The van der Waals surface area contributed by atoms with E-state index in [2.05, 4.69) is 15.2 Å². The molecule has 2 heterocycles. The van der Waals surface area contributed by atoms with Gasteiger partial charge in [-0.3, -0.25) is 0 Å². The molecule has 148 valence electrons. The van der Waals surface area contributed by atoms with Gasteiger partial charge in [0.2, 0.25) is 0 Å². The van der Waals surface area contributed by atoms with E-state index in [0.29, 0.717) is 24.5 Å². The van der Waals surface area contributed by atoms with Gasteiger partial charge in [-0.25, -0.2) is 9.38 Å². The number of nitrogens with zero attached hydrogens (tertiary/aromatic N) is 3. The Balaban J connectivity index is 0.00000261. The number of hydrogen-bond donors (Lipinski definition) is 2. The number of halogens is 2. The summed E-state index contributed by atoms with van der Waals surface area (Å²) < 4.78 is 19.2. The molecule has 1 aliphatic rings. The summed E-state index contributed by atoms with van der Waals surface area (Å²) in [6.07, 6.45) is 0.772. The van der Waals surface area contributed by atoms with E-state index in [1.807, 2.05) is 24.0 Å². The van der Waals surface area contributed by atoms with Gasteiger partial charge in [0.15, 0.2) is 5.96 Å². The molecule has 8 heteroatoms. The van der Waals surface area contributed by atoms with Crippen LogP contribution >= 0.6 is 24.0 Å². The zero-order valence-electron chi connectivity index (χ0n) is 15.3. The minimum atomic E-state index is -0.765. The number of anilines is 1. The van der Waals surface area contributed by atoms with Crippen LogP contribution in [0.15, 0.2) is 52.1 Å². The maximum Gasteiger partial charge on any atom is 0.194 e. The third kappa shape index (κ3) is 5.58. The normalized spacial score (nSPS) is 16.0. The Kier molecular flexibility index (Phi) is 8.36. The quantitative estimate of drug-likeness (QED) is 0.385. The molecular weight excluding hydrogens is 462 g/mol. The molecule has 1 fully saturated rings. The molecule has 1 aromatic heterocycles. The summed E-state index contributed by atoms with van der Waals surface area (Å²) in [4.78, 5) is 8.72. The van der Waals surface area contributed by atoms with E-state index in [1.54, 1.807) is 18.2 Å². The molecule has 1 aromatic carbocycles. The van der Waals surface area contributed by atoms with Gasteiger partial charge >= 0.3 is 0 Å². The van der Waals surface area contributed by atoms with Crippen LogP contribution in [0.3, 0.4) is 0 Å². The van der Waals surface area contributed by atoms with Crippen molar-refractivity contribution in [1.82, 2.24) is 10.2 Å². The number of furan rings is 1. The first-order chi connectivity index (χ1) is 12.7. The van der Waals surface area contributed by atoms with Crippen LogP contribution < -0.4 is 10.2 Å². The minimum absolute atomic E-state index is 0. The molecule has 2 aromatic rings. The van der Waals surface area contributed by atoms with Crippen molar-refractivity contribution in [1.29, 1.82) is 0 Å². The first-order valence-electron chi connectivity index (χ1n) is 8.93. The van der Waals surface area contributed by atoms with Gasteiger partial charge in [0, 0.05) is 32.7 Å². The second kappa shape index (κ2) is 10.5. The summed E-state index contributed by atoms with van der Waals surface area (Å²) in [6, 6.07) is 10.3. The number of para-hydroxylation sites is 1. The van der Waals surface area contributed by atoms with Gasteiger partial charge in [-0.2, -0.15) is 0 Å². The predicted molar refractivity (Wildman–Crippen MR) is 115 cm³/mol. The minimum Gasteiger partial charge on any atom is -0.467 e. The summed E-state index contributed by atoms with van der Waals surface area (Å²) in [5, 5.41) is 13.4. The van der Waals surface area contributed by atoms with Gasteiger partial charge in [0.05, 0.1) is 18.5 Å². The van der Waals surface area contributed by atoms with Gasteiger partial charge in [-0.1, -0.05) is 12.1 Å². The SMILES string of the molecule is CCNC(=NCC(O)c1ccco1)N1CCN(c2ccccc2F)CC1.I. The number of nitrogens with one attached hydrogen (secondary N) is 1. The lowest BCUT2D eigenvalue weighted by Crippen LogP contribution is -2.52. The highest BCUT2D eigenvalue weighted by Crippen LogP contribution is 2.20. The number of aliphatic hydroxyl groups excluding tert-OH is 1. The molecule has 3 rings (SSSR count). The maximum atomic E-state index is 14.0. The third-order valence-corrected chi connectivity index (χ3v) is 4.39. The van der Waals surface area contributed by atoms with Gasteiger partial charge < -0.3 is 24.6 Å². The van der Waals surface area contributed by atoms with Crippen LogP contribution in [0.4, 0.5) is 10.1 Å². The molecule has 6 nitrogen and oxygen atoms in total. The zero-order chi connectivity index (χ0) is 18.4. The molecule has 0 spiro atoms. The summed E-state index contributed by atoms with van der Waals surface area (Å²) in [7, 11) is 0. The Hall–Kier alpha value is -1.81. The van der Waals surface area contributed by atoms with Crippen molar-refractivity contribution in [3.8, 4) is 0 Å². The summed E-state index contributed by atoms with van der Waals surface area (Å²) >= 11 is 0. The van der Waals surface area contributed by atoms with Crippen LogP contribution in [0.5, 0.6) is 0 Å². The molecular formula is C19H26FIN4O2. The van der Waals surface area contributed by atoms with E-state index in [1.165, 1.54) is 12.3 Å². The van der Waals surface area contributed by atoms with Crippen molar-refractivity contribution in [3.63, 3.8) is 0 Å². The largest absolute Gasteiger partial charge is 0.467 e. The van der Waals surface area contributed by atoms with Crippen LogP contribution in [0.1, 0.15) is 18.8 Å². The molecule has 0 aliphatic carbocycles. The highest BCUT2D eigenvalue weighted by atomic mass is 127. The highest BCUT2D eigenvalue weighted by Gasteiger charge is 2.22. The number of aliphatic hydroxyl groups is 1. The maximum absolute atomic E-state index is 14.0. The molecule has 0 radical (unpaired) electrons. The summed E-state index contributed by atoms with van der Waals surface area (Å²) in [6.45, 7) is 5.87. The van der Waals surface area contributed by atoms with Gasteiger partial charge in [-0.15, -0.1) is 24.0 Å². The van der Waals surface area contributed by atoms with Gasteiger partial charge in [0.25, 0.3) is 0 Å². The van der Waals surface area contributed by atoms with Crippen LogP contribution in [0.2, 0.25) is 0 Å². The van der Waals surface area contributed by atoms with Crippen molar-refractivity contribution in [2.75, 3.05) is 44.2 Å². The van der Waals surface area contributed by atoms with Gasteiger partial charge in [-0.05, 0) is 31.2 Å². The summed E-state index contributed by atoms with van der Waals surface area (Å²) in [5.74, 6) is 1.07. The molecule has 27 heavy (non-hydrogen) atoms. The molecule has 0 saturated carbocycles. The molecule has 0 bridgehead atoms. The standard InChI is InChI=1S/C19H25FN4O2.HI/c1-2-21-19(22-14-17(25)18-8-5-13-26-18)24-11-9-23(10-12-24)16-7-4-3-6-15(16)20;/h3-8,13,17,25H,2,9-12,14H2,1H3,(H,21,22);1H. The monoisotopic (exact) mass is 488 g/mol. The average Bonchev–Trinajstić information content (AvgIpc) is 3.20. The number of hydrogen-bond acceptors (Lipinski definition) is 4. The summed E-state index contributed by atoms with van der Waals surface area (Å²) in [5.41, 5.74) is 0.641. The Labute approximate surface area is 176 Å². The third-order valence-electron chi connectivity index (χ3n) is 4.39. The fourth-order valence-electron chi connectivity index (χ4n) is 3.04. The first kappa shape index (κ1) is 21.5. The molecule has 1 saturated heterocycles.